The first-order valence-electron chi connectivity index (χ1n) is 11.0. The predicted octanol–water partition coefficient (Wildman–Crippen LogP) is 8.15. The average Bonchev–Trinajstić information content (AvgIpc) is 2.92. The van der Waals surface area contributed by atoms with Crippen LogP contribution in [0.4, 0.5) is 0 Å². The van der Waals surface area contributed by atoms with E-state index in [9.17, 15) is 5.11 Å². The fraction of sp³-hybridized carbons (Fsp3) is 0.556. The van der Waals surface area contributed by atoms with Crippen molar-refractivity contribution in [3.63, 3.8) is 0 Å². The second kappa shape index (κ2) is 11.9. The van der Waals surface area contributed by atoms with E-state index >= 15 is 0 Å². The van der Waals surface area contributed by atoms with Gasteiger partial charge in [-0.25, -0.2) is 0 Å². The van der Waals surface area contributed by atoms with Crippen LogP contribution >= 0.6 is 0 Å². The van der Waals surface area contributed by atoms with Crippen LogP contribution in [0.15, 0.2) is 36.4 Å². The molecular weight excluding hydrogens is 356 g/mol. The van der Waals surface area contributed by atoms with Crippen LogP contribution in [0.3, 0.4) is 0 Å². The molecule has 29 heavy (non-hydrogen) atoms. The molecule has 164 valence electrons. The van der Waals surface area contributed by atoms with Gasteiger partial charge in [0.25, 0.3) is 0 Å². The number of aromatic hydroxyl groups is 1. The summed E-state index contributed by atoms with van der Waals surface area (Å²) in [5.74, 6) is 1.45. The SMILES string of the molecule is CC.CCC.Cc1c(O)cccc1C(C)(C)C.Cc1ccc2c(c1)CC(C)(C)O2. The van der Waals surface area contributed by atoms with Crippen molar-refractivity contribution in [1.29, 1.82) is 0 Å². The molecule has 3 rings (SSSR count). The summed E-state index contributed by atoms with van der Waals surface area (Å²) in [5, 5.41) is 9.46. The molecule has 2 aromatic rings. The van der Waals surface area contributed by atoms with Crippen LogP contribution in [0.25, 0.3) is 0 Å². The largest absolute Gasteiger partial charge is 0.508 e. The highest BCUT2D eigenvalue weighted by atomic mass is 16.5. The van der Waals surface area contributed by atoms with Crippen LogP contribution in [0, 0.1) is 13.8 Å². The minimum atomic E-state index is -0.00384. The highest BCUT2D eigenvalue weighted by Gasteiger charge is 2.29. The molecule has 2 nitrogen and oxygen atoms in total. The number of ether oxygens (including phenoxy) is 1. The van der Waals surface area contributed by atoms with Gasteiger partial charge in [0.15, 0.2) is 0 Å². The molecular formula is C27H44O2. The lowest BCUT2D eigenvalue weighted by Gasteiger charge is -2.21. The summed E-state index contributed by atoms with van der Waals surface area (Å²) in [6.07, 6.45) is 2.28. The number of benzene rings is 2. The highest BCUT2D eigenvalue weighted by Crippen LogP contribution is 2.35. The van der Waals surface area contributed by atoms with Gasteiger partial charge in [-0.3, -0.25) is 0 Å². The van der Waals surface area contributed by atoms with Gasteiger partial charge in [-0.05, 0) is 61.9 Å². The van der Waals surface area contributed by atoms with Crippen LogP contribution in [0.2, 0.25) is 0 Å². The van der Waals surface area contributed by atoms with Gasteiger partial charge in [0.05, 0.1) is 0 Å². The lowest BCUT2D eigenvalue weighted by Crippen LogP contribution is -2.24. The van der Waals surface area contributed by atoms with Crippen LogP contribution in [0.1, 0.15) is 91.0 Å². The van der Waals surface area contributed by atoms with Crippen molar-refractivity contribution in [1.82, 2.24) is 0 Å². The summed E-state index contributed by atoms with van der Waals surface area (Å²) >= 11 is 0. The Balaban J connectivity index is 0.000000444. The third-order valence-electron chi connectivity index (χ3n) is 4.33. The molecule has 0 radical (unpaired) electrons. The van der Waals surface area contributed by atoms with E-state index in [-0.39, 0.29) is 11.0 Å². The molecule has 0 spiro atoms. The van der Waals surface area contributed by atoms with Crippen molar-refractivity contribution >= 4 is 0 Å². The first-order chi connectivity index (χ1) is 13.4. The fourth-order valence-electron chi connectivity index (χ4n) is 3.17. The summed E-state index contributed by atoms with van der Waals surface area (Å²) in [7, 11) is 0. The minimum Gasteiger partial charge on any atom is -0.508 e. The Kier molecular flexibility index (Phi) is 11.1. The van der Waals surface area contributed by atoms with E-state index in [0.717, 1.165) is 17.7 Å². The Morgan fingerprint density at radius 1 is 1.00 bits per heavy atom. The zero-order chi connectivity index (χ0) is 22.8. The van der Waals surface area contributed by atoms with E-state index in [0.29, 0.717) is 5.75 Å². The second-order valence-corrected chi connectivity index (χ2v) is 9.06. The van der Waals surface area contributed by atoms with Crippen molar-refractivity contribution in [3.8, 4) is 11.5 Å². The topological polar surface area (TPSA) is 29.5 Å². The summed E-state index contributed by atoms with van der Waals surface area (Å²) in [6, 6.07) is 12.1. The molecule has 2 heteroatoms. The van der Waals surface area contributed by atoms with Crippen molar-refractivity contribution in [2.24, 2.45) is 0 Å². The molecule has 1 aliphatic rings. The molecule has 0 fully saturated rings. The molecule has 0 unspecified atom stereocenters. The van der Waals surface area contributed by atoms with Crippen LogP contribution < -0.4 is 4.74 Å². The minimum absolute atomic E-state index is 0.00384. The average molecular weight is 401 g/mol. The van der Waals surface area contributed by atoms with Crippen LogP contribution in [-0.2, 0) is 11.8 Å². The van der Waals surface area contributed by atoms with E-state index < -0.39 is 0 Å². The first-order valence-corrected chi connectivity index (χ1v) is 11.0. The predicted molar refractivity (Wildman–Crippen MR) is 128 cm³/mol. The number of fused-ring (bicyclic) bond motifs is 1. The van der Waals surface area contributed by atoms with Gasteiger partial charge in [0, 0.05) is 6.42 Å². The molecule has 1 aliphatic heterocycles. The van der Waals surface area contributed by atoms with Gasteiger partial charge < -0.3 is 9.84 Å². The second-order valence-electron chi connectivity index (χ2n) is 9.06. The van der Waals surface area contributed by atoms with E-state index in [1.165, 1.54) is 23.1 Å². The molecule has 0 saturated heterocycles. The molecule has 2 aromatic carbocycles. The maximum atomic E-state index is 9.46. The van der Waals surface area contributed by atoms with Gasteiger partial charge in [-0.15, -0.1) is 0 Å². The van der Waals surface area contributed by atoms with E-state index in [1.807, 2.05) is 26.8 Å². The summed E-state index contributed by atoms with van der Waals surface area (Å²) in [6.45, 7) is 23.0. The Morgan fingerprint density at radius 2 is 1.55 bits per heavy atom. The molecule has 0 amide bonds. The molecule has 0 atom stereocenters. The zero-order valence-corrected chi connectivity index (χ0v) is 20.7. The number of hydrogen-bond acceptors (Lipinski definition) is 2. The lowest BCUT2D eigenvalue weighted by atomic mass is 9.84. The van der Waals surface area contributed by atoms with Crippen molar-refractivity contribution in [3.05, 3.63) is 58.7 Å². The summed E-state index contributed by atoms with van der Waals surface area (Å²) in [5.41, 5.74) is 4.97. The highest BCUT2D eigenvalue weighted by molar-refractivity contribution is 5.42. The number of aryl methyl sites for hydroxylation is 1. The van der Waals surface area contributed by atoms with Gasteiger partial charge >= 0.3 is 0 Å². The van der Waals surface area contributed by atoms with Gasteiger partial charge in [-0.1, -0.05) is 84.7 Å². The summed E-state index contributed by atoms with van der Waals surface area (Å²) in [4.78, 5) is 0. The van der Waals surface area contributed by atoms with E-state index in [1.54, 1.807) is 6.07 Å². The van der Waals surface area contributed by atoms with Crippen molar-refractivity contribution in [2.75, 3.05) is 0 Å². The molecule has 0 bridgehead atoms. The van der Waals surface area contributed by atoms with Crippen LogP contribution in [-0.4, -0.2) is 10.7 Å². The molecule has 1 N–H and O–H groups in total. The maximum Gasteiger partial charge on any atom is 0.123 e. The summed E-state index contributed by atoms with van der Waals surface area (Å²) < 4.78 is 5.75. The Hall–Kier alpha value is -1.96. The normalized spacial score (nSPS) is 13.3. The Morgan fingerprint density at radius 3 is 2.03 bits per heavy atom. The quantitative estimate of drug-likeness (QED) is 0.483. The molecule has 0 saturated carbocycles. The van der Waals surface area contributed by atoms with E-state index in [2.05, 4.69) is 79.7 Å². The number of phenols is 1. The monoisotopic (exact) mass is 400 g/mol. The molecule has 0 aromatic heterocycles. The van der Waals surface area contributed by atoms with Gasteiger partial charge in [0.1, 0.15) is 17.1 Å². The molecule has 0 aliphatic carbocycles. The smallest absolute Gasteiger partial charge is 0.123 e. The lowest BCUT2D eigenvalue weighted by molar-refractivity contribution is 0.138. The van der Waals surface area contributed by atoms with Gasteiger partial charge in [0.2, 0.25) is 0 Å². The Bertz CT molecular complexity index is 737. The molecule has 1 heterocycles. The Labute approximate surface area is 180 Å². The zero-order valence-electron chi connectivity index (χ0n) is 20.7. The first kappa shape index (κ1) is 27.0. The number of rotatable bonds is 0. The van der Waals surface area contributed by atoms with Crippen LogP contribution in [0.5, 0.6) is 11.5 Å². The van der Waals surface area contributed by atoms with Gasteiger partial charge in [-0.2, -0.15) is 0 Å². The third kappa shape index (κ3) is 8.94. The van der Waals surface area contributed by atoms with E-state index in [4.69, 9.17) is 4.74 Å². The maximum absolute atomic E-state index is 9.46. The van der Waals surface area contributed by atoms with Crippen molar-refractivity contribution < 1.29 is 9.84 Å². The third-order valence-corrected chi connectivity index (χ3v) is 4.33. The van der Waals surface area contributed by atoms with Crippen molar-refractivity contribution in [2.45, 2.75) is 100 Å². The standard InChI is InChI=1S/C11H14O.C11H16O.C3H8.C2H6/c1-8-4-5-10-9(6-8)7-11(2,3)12-10;1-8-9(11(2,3)4)6-5-7-10(8)12;1-3-2;1-2/h4-6H,7H2,1-3H3;5-7,12H,1-4H3;3H2,1-2H3;1-2H3. The number of phenolic OH excluding ortho intramolecular Hbond substituents is 1. The fourth-order valence-corrected chi connectivity index (χ4v) is 3.17. The number of hydrogen-bond donors (Lipinski definition) is 1.